The van der Waals surface area contributed by atoms with Gasteiger partial charge in [-0.3, -0.25) is 8.98 Å². The van der Waals surface area contributed by atoms with Gasteiger partial charge in [0.15, 0.2) is 4.91 Å². The fourth-order valence-corrected chi connectivity index (χ4v) is 1.16. The average molecular weight is 193 g/mol. The zero-order valence-electron chi connectivity index (χ0n) is 6.74. The van der Waals surface area contributed by atoms with Crippen LogP contribution in [0.25, 0.3) is 0 Å². The van der Waals surface area contributed by atoms with Gasteiger partial charge in [-0.2, -0.15) is 8.42 Å². The van der Waals surface area contributed by atoms with E-state index in [4.69, 9.17) is 5.73 Å². The van der Waals surface area contributed by atoms with Crippen molar-refractivity contribution in [2.45, 2.75) is 13.3 Å². The van der Waals surface area contributed by atoms with Crippen LogP contribution in [0.1, 0.15) is 13.3 Å². The average Bonchev–Trinajstić information content (AvgIpc) is 1.99. The molecule has 5 nitrogen and oxygen atoms in total. The summed E-state index contributed by atoms with van der Waals surface area (Å²) < 4.78 is 26.2. The molecule has 6 heteroatoms. The predicted molar refractivity (Wildman–Crippen MR) is 43.5 cm³/mol. The first-order valence-corrected chi connectivity index (χ1v) is 4.70. The van der Waals surface area contributed by atoms with Crippen molar-refractivity contribution < 1.29 is 17.4 Å². The number of carbonyl (C=O) groups is 1. The van der Waals surface area contributed by atoms with Gasteiger partial charge in [-0.05, 0) is 6.42 Å². The number of rotatable bonds is 5. The highest BCUT2D eigenvalue weighted by Gasteiger charge is 2.20. The minimum Gasteiger partial charge on any atom is -0.365 e. The maximum Gasteiger partial charge on any atom is 0.301 e. The molecular weight excluding hydrogens is 182 g/mol. The zero-order valence-corrected chi connectivity index (χ0v) is 7.56. The molecule has 0 unspecified atom stereocenters. The molecule has 0 aliphatic rings. The Balaban J connectivity index is 4.42. The van der Waals surface area contributed by atoms with Crippen molar-refractivity contribution in [1.82, 2.24) is 0 Å². The molecule has 0 fully saturated rings. The van der Waals surface area contributed by atoms with Crippen LogP contribution in [0.4, 0.5) is 0 Å². The van der Waals surface area contributed by atoms with E-state index in [-0.39, 0.29) is 6.61 Å². The molecule has 0 aliphatic carbocycles. The van der Waals surface area contributed by atoms with Gasteiger partial charge in [-0.1, -0.05) is 13.5 Å². The fourth-order valence-electron chi connectivity index (χ4n) is 0.387. The molecule has 0 aromatic heterocycles. The number of carbonyl (C=O) groups excluding carboxylic acids is 1. The van der Waals surface area contributed by atoms with E-state index in [1.54, 1.807) is 6.92 Å². The van der Waals surface area contributed by atoms with Gasteiger partial charge in [0, 0.05) is 0 Å². The number of hydrogen-bond acceptors (Lipinski definition) is 4. The second-order valence-electron chi connectivity index (χ2n) is 2.06. The highest BCUT2D eigenvalue weighted by molar-refractivity contribution is 7.91. The number of primary amides is 1. The Kier molecular flexibility index (Phi) is 3.91. The van der Waals surface area contributed by atoms with Crippen LogP contribution >= 0.6 is 0 Å². The van der Waals surface area contributed by atoms with Gasteiger partial charge >= 0.3 is 10.1 Å². The first-order chi connectivity index (χ1) is 5.41. The summed E-state index contributed by atoms with van der Waals surface area (Å²) in [4.78, 5) is 9.66. The fraction of sp³-hybridized carbons (Fsp3) is 0.500. The maximum absolute atomic E-state index is 10.9. The van der Waals surface area contributed by atoms with Gasteiger partial charge < -0.3 is 5.73 Å². The second-order valence-corrected chi connectivity index (χ2v) is 3.70. The van der Waals surface area contributed by atoms with Crippen LogP contribution in [0.15, 0.2) is 11.5 Å². The van der Waals surface area contributed by atoms with Crippen molar-refractivity contribution in [2.75, 3.05) is 6.61 Å². The minimum absolute atomic E-state index is 0.0225. The number of amides is 1. The molecule has 2 N–H and O–H groups in total. The van der Waals surface area contributed by atoms with Crippen molar-refractivity contribution in [3.05, 3.63) is 11.5 Å². The Morgan fingerprint density at radius 1 is 1.58 bits per heavy atom. The maximum atomic E-state index is 10.9. The second kappa shape index (κ2) is 4.22. The smallest absolute Gasteiger partial charge is 0.301 e. The van der Waals surface area contributed by atoms with Gasteiger partial charge in [0.1, 0.15) is 0 Å². The molecule has 0 saturated carbocycles. The van der Waals surface area contributed by atoms with E-state index in [0.717, 1.165) is 0 Å². The normalized spacial score (nSPS) is 11.1. The molecule has 0 heterocycles. The molecule has 1 amide bonds. The first-order valence-electron chi connectivity index (χ1n) is 3.30. The van der Waals surface area contributed by atoms with E-state index in [0.29, 0.717) is 6.42 Å². The van der Waals surface area contributed by atoms with E-state index in [9.17, 15) is 13.2 Å². The topological polar surface area (TPSA) is 86.5 Å². The monoisotopic (exact) mass is 193 g/mol. The molecule has 70 valence electrons. The first kappa shape index (κ1) is 11.1. The summed E-state index contributed by atoms with van der Waals surface area (Å²) in [5.41, 5.74) is 4.70. The van der Waals surface area contributed by atoms with E-state index in [2.05, 4.69) is 10.8 Å². The van der Waals surface area contributed by atoms with Gasteiger partial charge in [-0.15, -0.1) is 0 Å². The Morgan fingerprint density at radius 3 is 2.42 bits per heavy atom. The molecule has 12 heavy (non-hydrogen) atoms. The standard InChI is InChI=1S/C6H11NO4S/c1-3-4-11-12(9,10)5(2)6(7)8/h2-4H2,1H3,(H2,7,8). The number of hydrogen-bond donors (Lipinski definition) is 1. The lowest BCUT2D eigenvalue weighted by Crippen LogP contribution is -2.21. The van der Waals surface area contributed by atoms with Crippen LogP contribution in [0, 0.1) is 0 Å². The van der Waals surface area contributed by atoms with Crippen molar-refractivity contribution in [3.63, 3.8) is 0 Å². The van der Waals surface area contributed by atoms with Crippen LogP contribution in [0.5, 0.6) is 0 Å². The van der Waals surface area contributed by atoms with E-state index >= 15 is 0 Å². The van der Waals surface area contributed by atoms with Gasteiger partial charge in [0.05, 0.1) is 6.61 Å². The third-order valence-corrected chi connectivity index (χ3v) is 2.30. The molecule has 0 saturated heterocycles. The highest BCUT2D eigenvalue weighted by Crippen LogP contribution is 2.05. The molecule has 0 radical (unpaired) electrons. The molecule has 0 atom stereocenters. The van der Waals surface area contributed by atoms with Crippen LogP contribution in [-0.4, -0.2) is 20.9 Å². The molecule has 0 bridgehead atoms. The summed E-state index contributed by atoms with van der Waals surface area (Å²) in [5.74, 6) is -1.09. The lowest BCUT2D eigenvalue weighted by atomic mass is 10.5. The van der Waals surface area contributed by atoms with Crippen LogP contribution in [-0.2, 0) is 19.1 Å². The summed E-state index contributed by atoms with van der Waals surface area (Å²) in [6.07, 6.45) is 0.533. The van der Waals surface area contributed by atoms with E-state index in [1.807, 2.05) is 0 Å². The molecule has 0 rings (SSSR count). The summed E-state index contributed by atoms with van der Waals surface area (Å²) in [7, 11) is -3.99. The summed E-state index contributed by atoms with van der Waals surface area (Å²) >= 11 is 0. The lowest BCUT2D eigenvalue weighted by Gasteiger charge is -2.02. The zero-order chi connectivity index (χ0) is 9.78. The summed E-state index contributed by atoms with van der Waals surface area (Å²) in [6.45, 7) is 4.75. The summed E-state index contributed by atoms with van der Waals surface area (Å²) in [6, 6.07) is 0. The largest absolute Gasteiger partial charge is 0.365 e. The Bertz CT molecular complexity index is 280. The van der Waals surface area contributed by atoms with E-state index in [1.165, 1.54) is 0 Å². The van der Waals surface area contributed by atoms with Crippen LogP contribution in [0.2, 0.25) is 0 Å². The van der Waals surface area contributed by atoms with Crippen molar-refractivity contribution >= 4 is 16.0 Å². The Hall–Kier alpha value is -0.880. The minimum atomic E-state index is -3.99. The van der Waals surface area contributed by atoms with Crippen molar-refractivity contribution in [2.24, 2.45) is 5.73 Å². The molecule has 0 spiro atoms. The molecule has 0 aliphatic heterocycles. The molecule has 0 aromatic carbocycles. The third kappa shape index (κ3) is 3.02. The van der Waals surface area contributed by atoms with Crippen LogP contribution < -0.4 is 5.73 Å². The third-order valence-electron chi connectivity index (χ3n) is 1.02. The summed E-state index contributed by atoms with van der Waals surface area (Å²) in [5, 5.41) is 0. The lowest BCUT2D eigenvalue weighted by molar-refractivity contribution is -0.114. The van der Waals surface area contributed by atoms with Gasteiger partial charge in [-0.25, -0.2) is 0 Å². The van der Waals surface area contributed by atoms with Gasteiger partial charge in [0.2, 0.25) is 0 Å². The van der Waals surface area contributed by atoms with Crippen molar-refractivity contribution in [3.8, 4) is 0 Å². The molecular formula is C6H11NO4S. The van der Waals surface area contributed by atoms with E-state index < -0.39 is 20.9 Å². The van der Waals surface area contributed by atoms with Crippen molar-refractivity contribution in [1.29, 1.82) is 0 Å². The molecule has 0 aromatic rings. The highest BCUT2D eigenvalue weighted by atomic mass is 32.2. The number of nitrogens with two attached hydrogens (primary N) is 1. The van der Waals surface area contributed by atoms with Gasteiger partial charge in [0.25, 0.3) is 5.91 Å². The SMILES string of the molecule is C=C(C(N)=O)S(=O)(=O)OCCC. The Labute approximate surface area is 71.3 Å². The quantitative estimate of drug-likeness (QED) is 0.481. The Morgan fingerprint density at radius 2 is 2.08 bits per heavy atom. The van der Waals surface area contributed by atoms with Crippen LogP contribution in [0.3, 0.4) is 0 Å². The predicted octanol–water partition coefficient (Wildman–Crippen LogP) is -0.258.